The summed E-state index contributed by atoms with van der Waals surface area (Å²) in [5, 5.41) is 19.8. The number of aliphatic hydroxyl groups excluding tert-OH is 1. The fourth-order valence-corrected chi connectivity index (χ4v) is 1.60. The summed E-state index contributed by atoms with van der Waals surface area (Å²) in [5.41, 5.74) is -0.0568. The molecule has 2 N–H and O–H groups in total. The third-order valence-electron chi connectivity index (χ3n) is 2.40. The van der Waals surface area contributed by atoms with Crippen LogP contribution in [0.2, 0.25) is 0 Å². The van der Waals surface area contributed by atoms with E-state index in [-0.39, 0.29) is 0 Å². The molecule has 2 heteroatoms. The van der Waals surface area contributed by atoms with Crippen LogP contribution in [-0.2, 0) is 0 Å². The van der Waals surface area contributed by atoms with Crippen LogP contribution < -0.4 is 0 Å². The molecule has 0 amide bonds. The van der Waals surface area contributed by atoms with Crippen LogP contribution in [0.3, 0.4) is 0 Å². The average molecular weight is 206 g/mol. The van der Waals surface area contributed by atoms with E-state index in [1.807, 2.05) is 30.3 Å². The minimum absolute atomic E-state index is 0.322. The highest BCUT2D eigenvalue weighted by molar-refractivity contribution is 5.17. The molecule has 0 fully saturated rings. The van der Waals surface area contributed by atoms with E-state index in [0.29, 0.717) is 12.8 Å². The number of benzene rings is 1. The Labute approximate surface area is 90.9 Å². The monoisotopic (exact) mass is 206 g/mol. The molecule has 0 bridgehead atoms. The number of hydrogen-bond donors (Lipinski definition) is 2. The molecule has 1 rings (SSSR count). The molecule has 0 aromatic heterocycles. The van der Waals surface area contributed by atoms with Gasteiger partial charge in [0, 0.05) is 6.42 Å². The Bertz CT molecular complexity index is 304. The topological polar surface area (TPSA) is 40.5 Å². The molecule has 0 saturated heterocycles. The van der Waals surface area contributed by atoms with E-state index in [2.05, 4.69) is 6.58 Å². The molecule has 0 radical (unpaired) electrons. The predicted octanol–water partition coefficient (Wildman–Crippen LogP) is 2.44. The summed E-state index contributed by atoms with van der Waals surface area (Å²) in [6.07, 6.45) is 1.85. The van der Waals surface area contributed by atoms with Crippen LogP contribution in [0.25, 0.3) is 0 Å². The molecule has 2 nitrogen and oxygen atoms in total. The van der Waals surface area contributed by atoms with Crippen molar-refractivity contribution in [3.63, 3.8) is 0 Å². The zero-order valence-electron chi connectivity index (χ0n) is 9.06. The van der Waals surface area contributed by atoms with Gasteiger partial charge in [-0.25, -0.2) is 0 Å². The second kappa shape index (κ2) is 5.10. The molecule has 1 aromatic carbocycles. The van der Waals surface area contributed by atoms with Gasteiger partial charge in [-0.05, 0) is 18.9 Å². The zero-order valence-corrected chi connectivity index (χ0v) is 9.06. The van der Waals surface area contributed by atoms with Gasteiger partial charge in [0.15, 0.2) is 0 Å². The molecular formula is C13H18O2. The van der Waals surface area contributed by atoms with E-state index in [0.717, 1.165) is 5.56 Å². The average Bonchev–Trinajstić information content (AvgIpc) is 2.18. The van der Waals surface area contributed by atoms with Gasteiger partial charge >= 0.3 is 0 Å². The van der Waals surface area contributed by atoms with Crippen molar-refractivity contribution in [3.8, 4) is 0 Å². The molecule has 0 aliphatic heterocycles. The third kappa shape index (κ3) is 3.86. The summed E-state index contributed by atoms with van der Waals surface area (Å²) < 4.78 is 0. The summed E-state index contributed by atoms with van der Waals surface area (Å²) in [7, 11) is 0. The lowest BCUT2D eigenvalue weighted by atomic mass is 9.92. The first-order valence-corrected chi connectivity index (χ1v) is 5.11. The summed E-state index contributed by atoms with van der Waals surface area (Å²) in [6.45, 7) is 5.29. The summed E-state index contributed by atoms with van der Waals surface area (Å²) in [4.78, 5) is 0. The van der Waals surface area contributed by atoms with Crippen molar-refractivity contribution in [1.82, 2.24) is 0 Å². The Hall–Kier alpha value is -1.12. The maximum atomic E-state index is 9.91. The molecule has 0 unspecified atom stereocenters. The van der Waals surface area contributed by atoms with Gasteiger partial charge in [-0.3, -0.25) is 0 Å². The van der Waals surface area contributed by atoms with Crippen molar-refractivity contribution in [2.75, 3.05) is 0 Å². The van der Waals surface area contributed by atoms with Crippen LogP contribution in [0, 0.1) is 0 Å². The van der Waals surface area contributed by atoms with Crippen LogP contribution in [0.1, 0.15) is 31.4 Å². The second-order valence-corrected chi connectivity index (χ2v) is 4.12. The Balaban J connectivity index is 2.63. The van der Waals surface area contributed by atoms with Crippen molar-refractivity contribution in [2.45, 2.75) is 31.5 Å². The van der Waals surface area contributed by atoms with Crippen LogP contribution >= 0.6 is 0 Å². The van der Waals surface area contributed by atoms with Crippen molar-refractivity contribution in [3.05, 3.63) is 48.6 Å². The van der Waals surface area contributed by atoms with E-state index < -0.39 is 11.7 Å². The fourth-order valence-electron chi connectivity index (χ4n) is 1.60. The molecule has 15 heavy (non-hydrogen) atoms. The lowest BCUT2D eigenvalue weighted by Crippen LogP contribution is -2.26. The van der Waals surface area contributed by atoms with Gasteiger partial charge in [-0.2, -0.15) is 0 Å². The minimum Gasteiger partial charge on any atom is -0.390 e. The van der Waals surface area contributed by atoms with Gasteiger partial charge in [-0.1, -0.05) is 36.4 Å². The van der Waals surface area contributed by atoms with E-state index in [1.54, 1.807) is 13.0 Å². The maximum Gasteiger partial charge on any atom is 0.0817 e. The first kappa shape index (κ1) is 12.0. The van der Waals surface area contributed by atoms with Crippen LogP contribution in [-0.4, -0.2) is 15.8 Å². The second-order valence-electron chi connectivity index (χ2n) is 4.12. The van der Waals surface area contributed by atoms with Crippen molar-refractivity contribution in [2.24, 2.45) is 0 Å². The zero-order chi connectivity index (χ0) is 11.3. The van der Waals surface area contributed by atoms with E-state index in [1.165, 1.54) is 0 Å². The third-order valence-corrected chi connectivity index (χ3v) is 2.40. The van der Waals surface area contributed by atoms with Crippen molar-refractivity contribution >= 4 is 0 Å². The molecule has 2 atom stereocenters. The first-order chi connectivity index (χ1) is 7.05. The Kier molecular flexibility index (Phi) is 4.06. The molecule has 0 saturated carbocycles. The smallest absolute Gasteiger partial charge is 0.0817 e. The predicted molar refractivity (Wildman–Crippen MR) is 61.5 cm³/mol. The summed E-state index contributed by atoms with van der Waals surface area (Å²) in [6, 6.07) is 9.36. The highest BCUT2D eigenvalue weighted by Gasteiger charge is 2.23. The normalized spacial score (nSPS) is 16.7. The molecule has 0 spiro atoms. The molecule has 0 aliphatic carbocycles. The molecule has 0 heterocycles. The van der Waals surface area contributed by atoms with Gasteiger partial charge in [0.05, 0.1) is 11.7 Å². The lowest BCUT2D eigenvalue weighted by Gasteiger charge is -2.24. The Morgan fingerprint density at radius 3 is 2.53 bits per heavy atom. The first-order valence-electron chi connectivity index (χ1n) is 5.11. The standard InChI is InChI=1S/C13H18O2/c1-3-9-13(2,15)10-12(14)11-7-5-4-6-8-11/h3-8,12,14-15H,1,9-10H2,2H3/t12-,13+/m0/s1. The largest absolute Gasteiger partial charge is 0.390 e. The van der Waals surface area contributed by atoms with Crippen LogP contribution in [0.15, 0.2) is 43.0 Å². The SMILES string of the molecule is C=CC[C@@](C)(O)C[C@H](O)c1ccccc1. The summed E-state index contributed by atoms with van der Waals surface area (Å²) in [5.74, 6) is 0. The number of aliphatic hydroxyl groups is 2. The highest BCUT2D eigenvalue weighted by Crippen LogP contribution is 2.25. The van der Waals surface area contributed by atoms with E-state index >= 15 is 0 Å². The van der Waals surface area contributed by atoms with Gasteiger partial charge in [0.1, 0.15) is 0 Å². The number of rotatable bonds is 5. The van der Waals surface area contributed by atoms with Gasteiger partial charge in [0.25, 0.3) is 0 Å². The fraction of sp³-hybridized carbons (Fsp3) is 0.385. The molecule has 82 valence electrons. The van der Waals surface area contributed by atoms with Crippen LogP contribution in [0.5, 0.6) is 0 Å². The van der Waals surface area contributed by atoms with Crippen LogP contribution in [0.4, 0.5) is 0 Å². The highest BCUT2D eigenvalue weighted by atomic mass is 16.3. The van der Waals surface area contributed by atoms with E-state index in [9.17, 15) is 10.2 Å². The minimum atomic E-state index is -0.892. The van der Waals surface area contributed by atoms with Gasteiger partial charge < -0.3 is 10.2 Å². The lowest BCUT2D eigenvalue weighted by molar-refractivity contribution is 0.00554. The molecule has 1 aromatic rings. The van der Waals surface area contributed by atoms with Crippen molar-refractivity contribution in [1.29, 1.82) is 0 Å². The van der Waals surface area contributed by atoms with Gasteiger partial charge in [-0.15, -0.1) is 6.58 Å². The maximum absolute atomic E-state index is 9.91. The molecular weight excluding hydrogens is 188 g/mol. The Morgan fingerprint density at radius 1 is 1.40 bits per heavy atom. The Morgan fingerprint density at radius 2 is 2.00 bits per heavy atom. The quantitative estimate of drug-likeness (QED) is 0.726. The van der Waals surface area contributed by atoms with Gasteiger partial charge in [0.2, 0.25) is 0 Å². The summed E-state index contributed by atoms with van der Waals surface area (Å²) >= 11 is 0. The van der Waals surface area contributed by atoms with E-state index in [4.69, 9.17) is 0 Å². The molecule has 0 aliphatic rings. The van der Waals surface area contributed by atoms with Crippen molar-refractivity contribution < 1.29 is 10.2 Å². The number of hydrogen-bond acceptors (Lipinski definition) is 2.